The molecule has 0 spiro atoms. The molecule has 1 heterocycles. The van der Waals surface area contributed by atoms with Crippen molar-refractivity contribution in [2.75, 3.05) is 10.6 Å². The Hall–Kier alpha value is -2.50. The Morgan fingerprint density at radius 1 is 1.17 bits per heavy atom. The number of rotatable bonds is 4. The average Bonchev–Trinajstić information content (AvgIpc) is 2.55. The summed E-state index contributed by atoms with van der Waals surface area (Å²) in [6.45, 7) is 1.75. The topological polar surface area (TPSA) is 66.9 Å². The molecular weight excluding hydrogens is 307 g/mol. The van der Waals surface area contributed by atoms with Crippen LogP contribution in [0.15, 0.2) is 30.3 Å². The fourth-order valence-corrected chi connectivity index (χ4v) is 2.98. The van der Waals surface area contributed by atoms with Gasteiger partial charge in [-0.15, -0.1) is 0 Å². The summed E-state index contributed by atoms with van der Waals surface area (Å²) in [7, 11) is 0. The molecule has 0 saturated heterocycles. The Balaban J connectivity index is 1.73. The minimum Gasteiger partial charge on any atom is -0.367 e. The zero-order valence-corrected chi connectivity index (χ0v) is 13.7. The summed E-state index contributed by atoms with van der Waals surface area (Å²) >= 11 is 0. The molecule has 1 aliphatic carbocycles. The number of nitrogens with zero attached hydrogens (tertiary/aromatic N) is 2. The van der Waals surface area contributed by atoms with E-state index in [1.54, 1.807) is 25.1 Å². The second kappa shape index (κ2) is 7.38. The second-order valence-electron chi connectivity index (χ2n) is 6.13. The first-order valence-corrected chi connectivity index (χ1v) is 8.29. The number of aryl methyl sites for hydroxylation is 1. The fraction of sp³-hybridized carbons (Fsp3) is 0.389. The van der Waals surface area contributed by atoms with Gasteiger partial charge in [-0.2, -0.15) is 0 Å². The van der Waals surface area contributed by atoms with E-state index in [1.807, 2.05) is 0 Å². The van der Waals surface area contributed by atoms with E-state index < -0.39 is 5.82 Å². The van der Waals surface area contributed by atoms with Crippen molar-refractivity contribution in [2.45, 2.75) is 45.1 Å². The van der Waals surface area contributed by atoms with Gasteiger partial charge in [0.2, 0.25) is 0 Å². The summed E-state index contributed by atoms with van der Waals surface area (Å²) in [5.74, 6) is 0.420. The molecule has 0 atom stereocenters. The lowest BCUT2D eigenvalue weighted by atomic mass is 9.95. The monoisotopic (exact) mass is 328 g/mol. The largest absolute Gasteiger partial charge is 0.367 e. The van der Waals surface area contributed by atoms with Crippen LogP contribution in [0.2, 0.25) is 0 Å². The first-order chi connectivity index (χ1) is 11.6. The van der Waals surface area contributed by atoms with Crippen LogP contribution >= 0.6 is 0 Å². The molecular formula is C18H21FN4O. The molecule has 1 saturated carbocycles. The molecule has 0 bridgehead atoms. The standard InChI is InChI=1S/C18H21FN4O/c1-12-20-16(18(24)23-15-9-5-6-13(19)10-15)11-17(21-12)22-14-7-3-2-4-8-14/h5-6,9-11,14H,2-4,7-8H2,1H3,(H,23,24)(H,20,21,22). The summed E-state index contributed by atoms with van der Waals surface area (Å²) < 4.78 is 13.2. The first kappa shape index (κ1) is 16.4. The predicted molar refractivity (Wildman–Crippen MR) is 91.6 cm³/mol. The lowest BCUT2D eigenvalue weighted by Crippen LogP contribution is -2.24. The highest BCUT2D eigenvalue weighted by atomic mass is 19.1. The van der Waals surface area contributed by atoms with Gasteiger partial charge in [0.05, 0.1) is 0 Å². The van der Waals surface area contributed by atoms with Crippen molar-refractivity contribution >= 4 is 17.4 Å². The van der Waals surface area contributed by atoms with Gasteiger partial charge in [0.25, 0.3) is 5.91 Å². The number of carbonyl (C=O) groups excluding carboxylic acids is 1. The van der Waals surface area contributed by atoms with E-state index in [-0.39, 0.29) is 11.6 Å². The summed E-state index contributed by atoms with van der Waals surface area (Å²) in [5.41, 5.74) is 0.670. The van der Waals surface area contributed by atoms with Crippen LogP contribution in [0.25, 0.3) is 0 Å². The molecule has 24 heavy (non-hydrogen) atoms. The van der Waals surface area contributed by atoms with Crippen molar-refractivity contribution < 1.29 is 9.18 Å². The second-order valence-corrected chi connectivity index (χ2v) is 6.13. The molecule has 0 radical (unpaired) electrons. The molecule has 6 heteroatoms. The molecule has 1 amide bonds. The van der Waals surface area contributed by atoms with Gasteiger partial charge >= 0.3 is 0 Å². The number of amides is 1. The third-order valence-corrected chi connectivity index (χ3v) is 4.11. The number of hydrogen-bond acceptors (Lipinski definition) is 4. The van der Waals surface area contributed by atoms with Crippen LogP contribution in [0.4, 0.5) is 15.9 Å². The van der Waals surface area contributed by atoms with E-state index in [4.69, 9.17) is 0 Å². The summed E-state index contributed by atoms with van der Waals surface area (Å²) in [5, 5.41) is 6.06. The van der Waals surface area contributed by atoms with Crippen LogP contribution in [0.5, 0.6) is 0 Å². The first-order valence-electron chi connectivity index (χ1n) is 8.29. The van der Waals surface area contributed by atoms with Crippen LogP contribution < -0.4 is 10.6 Å². The Labute approximate surface area is 140 Å². The minimum absolute atomic E-state index is 0.269. The quantitative estimate of drug-likeness (QED) is 0.892. The highest BCUT2D eigenvalue weighted by Crippen LogP contribution is 2.21. The van der Waals surface area contributed by atoms with Crippen molar-refractivity contribution in [3.8, 4) is 0 Å². The van der Waals surface area contributed by atoms with Crippen LogP contribution in [0.1, 0.15) is 48.4 Å². The Bertz CT molecular complexity index is 729. The lowest BCUT2D eigenvalue weighted by Gasteiger charge is -2.23. The Morgan fingerprint density at radius 3 is 2.71 bits per heavy atom. The van der Waals surface area contributed by atoms with Crippen LogP contribution in [0, 0.1) is 12.7 Å². The van der Waals surface area contributed by atoms with E-state index in [0.717, 1.165) is 12.8 Å². The van der Waals surface area contributed by atoms with E-state index >= 15 is 0 Å². The average molecular weight is 328 g/mol. The molecule has 5 nitrogen and oxygen atoms in total. The van der Waals surface area contributed by atoms with Gasteiger partial charge in [-0.1, -0.05) is 25.3 Å². The van der Waals surface area contributed by atoms with E-state index in [0.29, 0.717) is 23.4 Å². The maximum atomic E-state index is 13.2. The third-order valence-electron chi connectivity index (χ3n) is 4.11. The van der Waals surface area contributed by atoms with E-state index in [9.17, 15) is 9.18 Å². The normalized spacial score (nSPS) is 15.1. The Kier molecular flexibility index (Phi) is 5.03. The van der Waals surface area contributed by atoms with Gasteiger partial charge in [-0.05, 0) is 38.0 Å². The number of nitrogens with one attached hydrogen (secondary N) is 2. The molecule has 1 aliphatic rings. The zero-order chi connectivity index (χ0) is 16.9. The van der Waals surface area contributed by atoms with E-state index in [2.05, 4.69) is 20.6 Å². The molecule has 1 aromatic heterocycles. The van der Waals surface area contributed by atoms with Crippen LogP contribution in [0.3, 0.4) is 0 Å². The van der Waals surface area contributed by atoms with Gasteiger partial charge in [-0.3, -0.25) is 4.79 Å². The molecule has 2 N–H and O–H groups in total. The van der Waals surface area contributed by atoms with Gasteiger partial charge in [-0.25, -0.2) is 14.4 Å². The zero-order valence-electron chi connectivity index (χ0n) is 13.7. The molecule has 0 unspecified atom stereocenters. The van der Waals surface area contributed by atoms with Gasteiger partial charge in [0.15, 0.2) is 0 Å². The fourth-order valence-electron chi connectivity index (χ4n) is 2.98. The Morgan fingerprint density at radius 2 is 1.96 bits per heavy atom. The lowest BCUT2D eigenvalue weighted by molar-refractivity contribution is 0.102. The van der Waals surface area contributed by atoms with Crippen molar-refractivity contribution in [2.24, 2.45) is 0 Å². The molecule has 3 rings (SSSR count). The number of benzene rings is 1. The summed E-state index contributed by atoms with van der Waals surface area (Å²) in [6.07, 6.45) is 5.95. The molecule has 126 valence electrons. The molecule has 1 fully saturated rings. The number of aromatic nitrogens is 2. The van der Waals surface area contributed by atoms with Crippen molar-refractivity contribution in [3.63, 3.8) is 0 Å². The minimum atomic E-state index is -0.397. The number of halogens is 1. The number of hydrogen-bond donors (Lipinski definition) is 2. The maximum Gasteiger partial charge on any atom is 0.274 e. The van der Waals surface area contributed by atoms with Crippen molar-refractivity contribution in [1.29, 1.82) is 0 Å². The predicted octanol–water partition coefficient (Wildman–Crippen LogP) is 3.92. The third kappa shape index (κ3) is 4.28. The van der Waals surface area contributed by atoms with Gasteiger partial charge in [0, 0.05) is 17.8 Å². The molecule has 0 aliphatic heterocycles. The summed E-state index contributed by atoms with van der Waals surface area (Å²) in [4.78, 5) is 20.9. The smallest absolute Gasteiger partial charge is 0.274 e. The molecule has 2 aromatic rings. The van der Waals surface area contributed by atoms with Crippen molar-refractivity contribution in [1.82, 2.24) is 9.97 Å². The maximum absolute atomic E-state index is 13.2. The number of anilines is 2. The van der Waals surface area contributed by atoms with Gasteiger partial charge in [0.1, 0.15) is 23.2 Å². The highest BCUT2D eigenvalue weighted by molar-refractivity contribution is 6.03. The van der Waals surface area contributed by atoms with E-state index in [1.165, 1.54) is 31.4 Å². The number of carbonyl (C=O) groups is 1. The van der Waals surface area contributed by atoms with Crippen molar-refractivity contribution in [3.05, 3.63) is 47.7 Å². The van der Waals surface area contributed by atoms with Crippen LogP contribution in [-0.2, 0) is 0 Å². The summed E-state index contributed by atoms with van der Waals surface area (Å²) in [6, 6.07) is 7.83. The molecule has 1 aromatic carbocycles. The SMILES string of the molecule is Cc1nc(NC2CCCCC2)cc(C(=O)Nc2cccc(F)c2)n1. The van der Waals surface area contributed by atoms with Gasteiger partial charge < -0.3 is 10.6 Å². The highest BCUT2D eigenvalue weighted by Gasteiger charge is 2.16. The van der Waals surface area contributed by atoms with Crippen LogP contribution in [-0.4, -0.2) is 21.9 Å².